The Bertz CT molecular complexity index is 392. The molecule has 4 nitrogen and oxygen atoms in total. The summed E-state index contributed by atoms with van der Waals surface area (Å²) in [6.45, 7) is 3.54. The molecule has 0 saturated heterocycles. The van der Waals surface area contributed by atoms with Crippen molar-refractivity contribution in [2.75, 3.05) is 32.6 Å². The van der Waals surface area contributed by atoms with Crippen LogP contribution in [0.1, 0.15) is 24.8 Å². The Morgan fingerprint density at radius 1 is 1.37 bits per heavy atom. The summed E-state index contributed by atoms with van der Waals surface area (Å²) in [4.78, 5) is 0. The van der Waals surface area contributed by atoms with Gasteiger partial charge in [0.2, 0.25) is 0 Å². The maximum Gasteiger partial charge on any atom is 0.120 e. The summed E-state index contributed by atoms with van der Waals surface area (Å²) >= 11 is 0. The normalized spacial score (nSPS) is 14.6. The number of nitrogen functional groups attached to an aromatic ring is 1. The number of ether oxygens (including phenoxy) is 2. The molecule has 0 unspecified atom stereocenters. The Morgan fingerprint density at radius 2 is 2.21 bits per heavy atom. The van der Waals surface area contributed by atoms with Gasteiger partial charge in [0.25, 0.3) is 0 Å². The molecule has 3 N–H and O–H groups in total. The van der Waals surface area contributed by atoms with E-state index in [-0.39, 0.29) is 0 Å². The van der Waals surface area contributed by atoms with Crippen LogP contribution in [0.2, 0.25) is 0 Å². The molecule has 106 valence electrons. The largest absolute Gasteiger partial charge is 0.497 e. The first-order chi connectivity index (χ1) is 9.29. The predicted octanol–water partition coefficient (Wildman–Crippen LogP) is 2.18. The molecular formula is C15H24N2O2. The third kappa shape index (κ3) is 5.09. The van der Waals surface area contributed by atoms with Gasteiger partial charge in [0, 0.05) is 31.5 Å². The average molecular weight is 264 g/mol. The molecule has 1 aliphatic rings. The van der Waals surface area contributed by atoms with Gasteiger partial charge in [-0.05, 0) is 43.4 Å². The van der Waals surface area contributed by atoms with Crippen LogP contribution in [0.3, 0.4) is 0 Å². The third-order valence-corrected chi connectivity index (χ3v) is 3.36. The standard InChI is InChI=1S/C15H24N2O2/c1-18-14-6-5-13(15(16)9-14)10-17-7-2-8-19-11-12-3-4-12/h5-6,9,12,17H,2-4,7-8,10-11,16H2,1H3. The summed E-state index contributed by atoms with van der Waals surface area (Å²) in [5.74, 6) is 1.65. The lowest BCUT2D eigenvalue weighted by molar-refractivity contribution is 0.122. The second-order valence-corrected chi connectivity index (χ2v) is 5.11. The minimum atomic E-state index is 0.775. The van der Waals surface area contributed by atoms with Crippen molar-refractivity contribution in [2.24, 2.45) is 5.92 Å². The van der Waals surface area contributed by atoms with E-state index < -0.39 is 0 Å². The van der Waals surface area contributed by atoms with E-state index in [1.807, 2.05) is 18.2 Å². The molecule has 0 bridgehead atoms. The lowest BCUT2D eigenvalue weighted by Crippen LogP contribution is -2.17. The van der Waals surface area contributed by atoms with Gasteiger partial charge in [0.05, 0.1) is 7.11 Å². The van der Waals surface area contributed by atoms with E-state index >= 15 is 0 Å². The van der Waals surface area contributed by atoms with Gasteiger partial charge in [-0.1, -0.05) is 6.07 Å². The van der Waals surface area contributed by atoms with Crippen molar-refractivity contribution in [3.8, 4) is 5.75 Å². The fourth-order valence-electron chi connectivity index (χ4n) is 1.92. The molecule has 0 radical (unpaired) electrons. The Balaban J connectivity index is 1.56. The van der Waals surface area contributed by atoms with Crippen molar-refractivity contribution in [1.29, 1.82) is 0 Å². The monoisotopic (exact) mass is 264 g/mol. The zero-order valence-electron chi connectivity index (χ0n) is 11.7. The number of nitrogens with one attached hydrogen (secondary N) is 1. The molecule has 0 spiro atoms. The summed E-state index contributed by atoms with van der Waals surface area (Å²) in [6, 6.07) is 5.80. The minimum Gasteiger partial charge on any atom is -0.497 e. The molecule has 4 heteroatoms. The summed E-state index contributed by atoms with van der Waals surface area (Å²) in [5, 5.41) is 3.38. The van der Waals surface area contributed by atoms with E-state index in [0.29, 0.717) is 0 Å². The molecule has 1 saturated carbocycles. The van der Waals surface area contributed by atoms with Crippen molar-refractivity contribution < 1.29 is 9.47 Å². The van der Waals surface area contributed by atoms with Crippen molar-refractivity contribution >= 4 is 5.69 Å². The predicted molar refractivity (Wildman–Crippen MR) is 77.3 cm³/mol. The van der Waals surface area contributed by atoms with E-state index in [0.717, 1.165) is 55.6 Å². The Morgan fingerprint density at radius 3 is 2.89 bits per heavy atom. The second kappa shape index (κ2) is 7.36. The van der Waals surface area contributed by atoms with Crippen LogP contribution in [0, 0.1) is 5.92 Å². The van der Waals surface area contributed by atoms with Crippen molar-refractivity contribution in [1.82, 2.24) is 5.32 Å². The molecule has 1 aromatic rings. The van der Waals surface area contributed by atoms with Crippen LogP contribution >= 0.6 is 0 Å². The highest BCUT2D eigenvalue weighted by atomic mass is 16.5. The van der Waals surface area contributed by atoms with Gasteiger partial charge in [-0.2, -0.15) is 0 Å². The highest BCUT2D eigenvalue weighted by molar-refractivity contribution is 5.51. The summed E-state index contributed by atoms with van der Waals surface area (Å²) in [7, 11) is 1.65. The molecule has 2 rings (SSSR count). The van der Waals surface area contributed by atoms with Crippen LogP contribution in [-0.2, 0) is 11.3 Å². The summed E-state index contributed by atoms with van der Waals surface area (Å²) in [6.07, 6.45) is 3.76. The van der Waals surface area contributed by atoms with Crippen LogP contribution in [0.5, 0.6) is 5.75 Å². The van der Waals surface area contributed by atoms with E-state index in [4.69, 9.17) is 15.2 Å². The number of methoxy groups -OCH3 is 1. The molecule has 1 aliphatic carbocycles. The Hall–Kier alpha value is -1.26. The van der Waals surface area contributed by atoms with Crippen LogP contribution in [0.25, 0.3) is 0 Å². The van der Waals surface area contributed by atoms with E-state index in [1.165, 1.54) is 12.8 Å². The highest BCUT2D eigenvalue weighted by Crippen LogP contribution is 2.28. The molecule has 0 aromatic heterocycles. The maximum atomic E-state index is 5.95. The quantitative estimate of drug-likeness (QED) is 0.530. The second-order valence-electron chi connectivity index (χ2n) is 5.11. The van der Waals surface area contributed by atoms with Gasteiger partial charge < -0.3 is 20.5 Å². The van der Waals surface area contributed by atoms with Gasteiger partial charge in [0.1, 0.15) is 5.75 Å². The molecule has 0 aliphatic heterocycles. The maximum absolute atomic E-state index is 5.95. The zero-order chi connectivity index (χ0) is 13.5. The number of benzene rings is 1. The van der Waals surface area contributed by atoms with E-state index in [9.17, 15) is 0 Å². The van der Waals surface area contributed by atoms with Gasteiger partial charge in [-0.3, -0.25) is 0 Å². The van der Waals surface area contributed by atoms with Crippen molar-refractivity contribution in [3.05, 3.63) is 23.8 Å². The molecule has 1 fully saturated rings. The first-order valence-electron chi connectivity index (χ1n) is 7.00. The van der Waals surface area contributed by atoms with Crippen LogP contribution in [0.4, 0.5) is 5.69 Å². The smallest absolute Gasteiger partial charge is 0.120 e. The highest BCUT2D eigenvalue weighted by Gasteiger charge is 2.20. The van der Waals surface area contributed by atoms with Gasteiger partial charge >= 0.3 is 0 Å². The number of anilines is 1. The Kier molecular flexibility index (Phi) is 5.48. The minimum absolute atomic E-state index is 0.775. The fraction of sp³-hybridized carbons (Fsp3) is 0.600. The number of rotatable bonds is 9. The van der Waals surface area contributed by atoms with Gasteiger partial charge in [-0.15, -0.1) is 0 Å². The summed E-state index contributed by atoms with van der Waals surface area (Å²) in [5.41, 5.74) is 7.84. The van der Waals surface area contributed by atoms with Crippen LogP contribution < -0.4 is 15.8 Å². The molecule has 0 atom stereocenters. The van der Waals surface area contributed by atoms with Gasteiger partial charge in [0.15, 0.2) is 0 Å². The van der Waals surface area contributed by atoms with Crippen molar-refractivity contribution in [3.63, 3.8) is 0 Å². The Labute approximate surface area is 115 Å². The lowest BCUT2D eigenvalue weighted by atomic mass is 10.1. The lowest BCUT2D eigenvalue weighted by Gasteiger charge is -2.09. The molecule has 0 amide bonds. The topological polar surface area (TPSA) is 56.5 Å². The van der Waals surface area contributed by atoms with Crippen molar-refractivity contribution in [2.45, 2.75) is 25.8 Å². The number of hydrogen-bond acceptors (Lipinski definition) is 4. The molecule has 19 heavy (non-hydrogen) atoms. The SMILES string of the molecule is COc1ccc(CNCCCOCC2CC2)c(N)c1. The molecule has 0 heterocycles. The number of hydrogen-bond donors (Lipinski definition) is 2. The van der Waals surface area contributed by atoms with Crippen LogP contribution in [0.15, 0.2) is 18.2 Å². The third-order valence-electron chi connectivity index (χ3n) is 3.36. The fourth-order valence-corrected chi connectivity index (χ4v) is 1.92. The van der Waals surface area contributed by atoms with Gasteiger partial charge in [-0.25, -0.2) is 0 Å². The first kappa shape index (κ1) is 14.2. The first-order valence-corrected chi connectivity index (χ1v) is 7.00. The molecular weight excluding hydrogens is 240 g/mol. The average Bonchev–Trinajstić information content (AvgIpc) is 3.23. The zero-order valence-corrected chi connectivity index (χ0v) is 11.7. The van der Waals surface area contributed by atoms with E-state index in [1.54, 1.807) is 7.11 Å². The van der Waals surface area contributed by atoms with Crippen LogP contribution in [-0.4, -0.2) is 26.9 Å². The summed E-state index contributed by atoms with van der Waals surface area (Å²) < 4.78 is 10.7. The number of nitrogens with two attached hydrogens (primary N) is 1. The molecule has 1 aromatic carbocycles. The van der Waals surface area contributed by atoms with E-state index in [2.05, 4.69) is 5.32 Å².